The van der Waals surface area contributed by atoms with E-state index in [2.05, 4.69) is 0 Å². The van der Waals surface area contributed by atoms with Gasteiger partial charge in [-0.3, -0.25) is 4.79 Å². The van der Waals surface area contributed by atoms with E-state index in [1.807, 2.05) is 0 Å². The Morgan fingerprint density at radius 3 is 2.19 bits per heavy atom. The van der Waals surface area contributed by atoms with Gasteiger partial charge in [-0.2, -0.15) is 13.2 Å². The van der Waals surface area contributed by atoms with Gasteiger partial charge in [-0.1, -0.05) is 0 Å². The monoisotopic (exact) mass is 309 g/mol. The third kappa shape index (κ3) is 4.07. The first-order chi connectivity index (χ1) is 9.56. The number of amides is 1. The van der Waals surface area contributed by atoms with Crippen LogP contribution in [0.25, 0.3) is 0 Å². The number of carboxylic acids is 1. The van der Waals surface area contributed by atoms with Crippen molar-refractivity contribution >= 4 is 11.9 Å². The maximum Gasteiger partial charge on any atom is 0.422 e. The summed E-state index contributed by atoms with van der Waals surface area (Å²) in [6.45, 7) is -0.518. The number of halogens is 4. The second-order valence-corrected chi connectivity index (χ2v) is 4.22. The van der Waals surface area contributed by atoms with Gasteiger partial charge in [-0.05, 0) is 31.2 Å². The lowest BCUT2D eigenvalue weighted by atomic mass is 10.0. The van der Waals surface area contributed by atoms with Crippen molar-refractivity contribution in [3.05, 3.63) is 30.1 Å². The van der Waals surface area contributed by atoms with Gasteiger partial charge in [0.05, 0.1) is 0 Å². The number of alkyl halides is 3. The Hall–Kier alpha value is -2.32. The Morgan fingerprint density at radius 1 is 1.24 bits per heavy atom. The number of rotatable bonds is 5. The zero-order valence-corrected chi connectivity index (χ0v) is 10.7. The predicted molar refractivity (Wildman–Crippen MR) is 62.1 cm³/mol. The van der Waals surface area contributed by atoms with Crippen LogP contribution in [-0.2, 0) is 9.59 Å². The summed E-state index contributed by atoms with van der Waals surface area (Å²) < 4.78 is 55.4. The molecule has 0 aliphatic rings. The SMILES string of the molecule is CC(NC(=O)COc1ccc(F)cc1)(C(=O)O)C(F)(F)F. The molecule has 0 fully saturated rings. The minimum atomic E-state index is -5.18. The van der Waals surface area contributed by atoms with E-state index >= 15 is 0 Å². The molecule has 0 spiro atoms. The van der Waals surface area contributed by atoms with Gasteiger partial charge in [0.1, 0.15) is 11.6 Å². The number of hydrogen-bond acceptors (Lipinski definition) is 3. The molecule has 0 saturated heterocycles. The molecule has 1 unspecified atom stereocenters. The van der Waals surface area contributed by atoms with Crippen LogP contribution in [0, 0.1) is 5.82 Å². The molecule has 0 radical (unpaired) electrons. The normalized spacial score (nSPS) is 14.1. The summed E-state index contributed by atoms with van der Waals surface area (Å²) in [7, 11) is 0. The number of hydrogen-bond donors (Lipinski definition) is 2. The van der Waals surface area contributed by atoms with Crippen molar-refractivity contribution in [3.63, 3.8) is 0 Å². The van der Waals surface area contributed by atoms with Gasteiger partial charge in [-0.25, -0.2) is 9.18 Å². The Kier molecular flexibility index (Phi) is 4.77. The van der Waals surface area contributed by atoms with Crippen LogP contribution >= 0.6 is 0 Å². The fraction of sp³-hybridized carbons (Fsp3) is 0.333. The topological polar surface area (TPSA) is 75.6 Å². The highest BCUT2D eigenvalue weighted by Crippen LogP contribution is 2.30. The molecule has 1 rings (SSSR count). The van der Waals surface area contributed by atoms with Gasteiger partial charge in [0.2, 0.25) is 5.54 Å². The lowest BCUT2D eigenvalue weighted by Gasteiger charge is -2.28. The summed E-state index contributed by atoms with van der Waals surface area (Å²) in [5.74, 6) is -4.02. The molecule has 0 aliphatic carbocycles. The van der Waals surface area contributed by atoms with Crippen LogP contribution < -0.4 is 10.1 Å². The van der Waals surface area contributed by atoms with Crippen LogP contribution in [0.2, 0.25) is 0 Å². The van der Waals surface area contributed by atoms with Crippen LogP contribution in [0.15, 0.2) is 24.3 Å². The smallest absolute Gasteiger partial charge is 0.422 e. The quantitative estimate of drug-likeness (QED) is 0.812. The van der Waals surface area contributed by atoms with Crippen molar-refractivity contribution in [3.8, 4) is 5.75 Å². The first kappa shape index (κ1) is 16.7. The zero-order chi connectivity index (χ0) is 16.3. The molecule has 9 heteroatoms. The molecule has 0 saturated carbocycles. The van der Waals surface area contributed by atoms with E-state index in [-0.39, 0.29) is 5.75 Å². The zero-order valence-electron chi connectivity index (χ0n) is 10.7. The molecule has 1 aromatic carbocycles. The van der Waals surface area contributed by atoms with E-state index in [0.29, 0.717) is 6.92 Å². The molecule has 0 bridgehead atoms. The van der Waals surface area contributed by atoms with E-state index in [1.165, 1.54) is 17.4 Å². The number of nitrogens with one attached hydrogen (secondary N) is 1. The van der Waals surface area contributed by atoms with Crippen LogP contribution in [0.3, 0.4) is 0 Å². The Morgan fingerprint density at radius 2 is 1.76 bits per heavy atom. The molecule has 1 atom stereocenters. The maximum absolute atomic E-state index is 12.6. The molecular formula is C12H11F4NO4. The summed E-state index contributed by atoms with van der Waals surface area (Å²) in [5.41, 5.74) is -3.42. The molecule has 1 aromatic rings. The second kappa shape index (κ2) is 5.98. The van der Waals surface area contributed by atoms with Gasteiger partial charge in [0.25, 0.3) is 5.91 Å². The lowest BCUT2D eigenvalue weighted by molar-refractivity contribution is -0.207. The van der Waals surface area contributed by atoms with Gasteiger partial charge >= 0.3 is 12.1 Å². The van der Waals surface area contributed by atoms with Crippen molar-refractivity contribution in [1.82, 2.24) is 5.32 Å². The Labute approximate surface area is 116 Å². The molecule has 0 heterocycles. The van der Waals surface area contributed by atoms with Crippen LogP contribution in [0.5, 0.6) is 5.75 Å². The van der Waals surface area contributed by atoms with Gasteiger partial charge < -0.3 is 15.2 Å². The maximum atomic E-state index is 12.6. The van der Waals surface area contributed by atoms with Crippen LogP contribution in [-0.4, -0.2) is 35.3 Å². The van der Waals surface area contributed by atoms with E-state index in [1.54, 1.807) is 0 Å². The number of benzene rings is 1. The number of carbonyl (C=O) groups excluding carboxylic acids is 1. The van der Waals surface area contributed by atoms with E-state index in [0.717, 1.165) is 12.1 Å². The van der Waals surface area contributed by atoms with E-state index < -0.39 is 36.0 Å². The van der Waals surface area contributed by atoms with Crippen molar-refractivity contribution in [2.75, 3.05) is 6.61 Å². The molecule has 21 heavy (non-hydrogen) atoms. The molecule has 5 nitrogen and oxygen atoms in total. The van der Waals surface area contributed by atoms with Crippen LogP contribution in [0.1, 0.15) is 6.92 Å². The van der Waals surface area contributed by atoms with Crippen LogP contribution in [0.4, 0.5) is 17.6 Å². The first-order valence-electron chi connectivity index (χ1n) is 5.56. The van der Waals surface area contributed by atoms with E-state index in [9.17, 15) is 27.2 Å². The highest BCUT2D eigenvalue weighted by molar-refractivity contribution is 5.88. The summed E-state index contributed by atoms with van der Waals surface area (Å²) >= 11 is 0. The number of carbonyl (C=O) groups is 2. The minimum Gasteiger partial charge on any atom is -0.484 e. The Bertz CT molecular complexity index is 529. The van der Waals surface area contributed by atoms with Crippen molar-refractivity contribution in [2.45, 2.75) is 18.6 Å². The summed E-state index contributed by atoms with van der Waals surface area (Å²) in [5, 5.41) is 9.97. The third-order valence-electron chi connectivity index (χ3n) is 2.57. The minimum absolute atomic E-state index is 0.0515. The lowest BCUT2D eigenvalue weighted by Crippen LogP contribution is -2.62. The predicted octanol–water partition coefficient (Wildman–Crippen LogP) is 1.73. The van der Waals surface area contributed by atoms with Crippen molar-refractivity contribution < 1.29 is 37.0 Å². The van der Waals surface area contributed by atoms with E-state index in [4.69, 9.17) is 9.84 Å². The molecule has 116 valence electrons. The molecule has 2 N–H and O–H groups in total. The average molecular weight is 309 g/mol. The average Bonchev–Trinajstić information content (AvgIpc) is 2.36. The fourth-order valence-electron chi connectivity index (χ4n) is 1.24. The number of aliphatic carboxylic acids is 1. The second-order valence-electron chi connectivity index (χ2n) is 4.22. The summed E-state index contributed by atoms with van der Waals surface area (Å²) in [6, 6.07) is 4.40. The van der Waals surface area contributed by atoms with Crippen molar-refractivity contribution in [2.24, 2.45) is 0 Å². The number of carboxylic acid groups (broad SMARTS) is 1. The fourth-order valence-corrected chi connectivity index (χ4v) is 1.24. The standard InChI is InChI=1S/C12H11F4NO4/c1-11(10(19)20,12(14,15)16)17-9(18)6-21-8-4-2-7(13)3-5-8/h2-5H,6H2,1H3,(H,17,18)(H,19,20). The highest BCUT2D eigenvalue weighted by Gasteiger charge is 2.58. The largest absolute Gasteiger partial charge is 0.484 e. The molecular weight excluding hydrogens is 298 g/mol. The highest BCUT2D eigenvalue weighted by atomic mass is 19.4. The van der Waals surface area contributed by atoms with Gasteiger partial charge in [0, 0.05) is 0 Å². The summed E-state index contributed by atoms with van der Waals surface area (Å²) in [6.07, 6.45) is -5.18. The number of ether oxygens (including phenoxy) is 1. The molecule has 0 aromatic heterocycles. The third-order valence-corrected chi connectivity index (χ3v) is 2.57. The van der Waals surface area contributed by atoms with Crippen molar-refractivity contribution in [1.29, 1.82) is 0 Å². The Balaban J connectivity index is 2.67. The molecule has 0 aliphatic heterocycles. The van der Waals surface area contributed by atoms with Gasteiger partial charge in [-0.15, -0.1) is 0 Å². The first-order valence-corrected chi connectivity index (χ1v) is 5.56. The molecule has 1 amide bonds. The van der Waals surface area contributed by atoms with Gasteiger partial charge in [0.15, 0.2) is 6.61 Å². The summed E-state index contributed by atoms with van der Waals surface area (Å²) in [4.78, 5) is 22.1.